The van der Waals surface area contributed by atoms with Crippen LogP contribution in [0.15, 0.2) is 23.1 Å². The second-order valence-electron chi connectivity index (χ2n) is 5.93. The Balaban J connectivity index is 2.13. The molecule has 1 aliphatic carbocycles. The maximum atomic E-state index is 13.1. The fourth-order valence-corrected chi connectivity index (χ4v) is 5.04. The fourth-order valence-electron chi connectivity index (χ4n) is 2.90. The van der Waals surface area contributed by atoms with Crippen molar-refractivity contribution < 1.29 is 12.8 Å². The van der Waals surface area contributed by atoms with E-state index in [0.717, 1.165) is 31.0 Å². The second-order valence-corrected chi connectivity index (χ2v) is 8.22. The summed E-state index contributed by atoms with van der Waals surface area (Å²) in [6.07, 6.45) is 5.57. The molecule has 0 atom stereocenters. The van der Waals surface area contributed by atoms with E-state index in [1.807, 2.05) is 0 Å². The zero-order valence-electron chi connectivity index (χ0n) is 12.2. The molecular formula is C15H21BrFNO2S. The lowest BCUT2D eigenvalue weighted by Crippen LogP contribution is -2.40. The number of hydrogen-bond donors (Lipinski definition) is 1. The molecule has 118 valence electrons. The molecule has 3 nitrogen and oxygen atoms in total. The van der Waals surface area contributed by atoms with Gasteiger partial charge >= 0.3 is 0 Å². The molecule has 1 aromatic rings. The van der Waals surface area contributed by atoms with Crippen LogP contribution in [0.5, 0.6) is 0 Å². The van der Waals surface area contributed by atoms with Crippen LogP contribution in [0.3, 0.4) is 0 Å². The van der Waals surface area contributed by atoms with E-state index in [-0.39, 0.29) is 10.3 Å². The third-order valence-electron chi connectivity index (χ3n) is 4.26. The highest BCUT2D eigenvalue weighted by Gasteiger charge is 2.32. The van der Waals surface area contributed by atoms with Gasteiger partial charge in [0.2, 0.25) is 10.0 Å². The summed E-state index contributed by atoms with van der Waals surface area (Å²) in [5.74, 6) is -0.421. The number of nitrogens with one attached hydrogen (secondary N) is 1. The van der Waals surface area contributed by atoms with Crippen LogP contribution >= 0.6 is 15.9 Å². The average Bonchev–Trinajstić information content (AvgIpc) is 2.46. The third kappa shape index (κ3) is 4.05. The zero-order chi connectivity index (χ0) is 15.5. The molecule has 0 amide bonds. The van der Waals surface area contributed by atoms with Crippen LogP contribution in [0, 0.1) is 18.2 Å². The van der Waals surface area contributed by atoms with Gasteiger partial charge in [-0.3, -0.25) is 0 Å². The van der Waals surface area contributed by atoms with Gasteiger partial charge in [-0.25, -0.2) is 17.5 Å². The molecule has 0 aromatic heterocycles. The van der Waals surface area contributed by atoms with Crippen LogP contribution in [0.2, 0.25) is 0 Å². The summed E-state index contributed by atoms with van der Waals surface area (Å²) in [4.78, 5) is 0.157. The van der Waals surface area contributed by atoms with Gasteiger partial charge in [0.1, 0.15) is 5.82 Å². The summed E-state index contributed by atoms with van der Waals surface area (Å²) >= 11 is 3.53. The molecule has 1 saturated carbocycles. The van der Waals surface area contributed by atoms with E-state index in [9.17, 15) is 12.8 Å². The Kier molecular flexibility index (Phi) is 5.43. The van der Waals surface area contributed by atoms with Crippen molar-refractivity contribution in [1.82, 2.24) is 4.72 Å². The molecular weight excluding hydrogens is 357 g/mol. The molecule has 1 aliphatic rings. The predicted molar refractivity (Wildman–Crippen MR) is 85.6 cm³/mol. The largest absolute Gasteiger partial charge is 0.240 e. The Bertz CT molecular complexity index is 598. The number of halogens is 2. The van der Waals surface area contributed by atoms with Gasteiger partial charge in [-0.2, -0.15) is 0 Å². The molecule has 0 saturated heterocycles. The molecule has 1 aromatic carbocycles. The third-order valence-corrected chi connectivity index (χ3v) is 7.01. The van der Waals surface area contributed by atoms with Crippen molar-refractivity contribution >= 4 is 26.0 Å². The minimum Gasteiger partial charge on any atom is -0.211 e. The molecule has 1 N–H and O–H groups in total. The molecule has 21 heavy (non-hydrogen) atoms. The number of benzene rings is 1. The average molecular weight is 378 g/mol. The van der Waals surface area contributed by atoms with Gasteiger partial charge in [-0.1, -0.05) is 35.2 Å². The molecule has 1 fully saturated rings. The first-order chi connectivity index (χ1) is 9.88. The number of sulfonamides is 1. The number of alkyl halides is 1. The lowest BCUT2D eigenvalue weighted by atomic mass is 9.76. The maximum Gasteiger partial charge on any atom is 0.240 e. The van der Waals surface area contributed by atoms with E-state index < -0.39 is 15.8 Å². The number of rotatable bonds is 5. The minimum atomic E-state index is -3.59. The SMILES string of the molecule is Cc1cc(F)ccc1S(=O)(=O)NCC1(CBr)CCCCC1. The van der Waals surface area contributed by atoms with Crippen LogP contribution in [0.4, 0.5) is 4.39 Å². The van der Waals surface area contributed by atoms with Crippen molar-refractivity contribution in [3.63, 3.8) is 0 Å². The van der Waals surface area contributed by atoms with Gasteiger partial charge in [-0.05, 0) is 48.9 Å². The second kappa shape index (κ2) is 6.75. The predicted octanol–water partition coefficient (Wildman–Crippen LogP) is 3.76. The van der Waals surface area contributed by atoms with Crippen LogP contribution in [-0.2, 0) is 10.0 Å². The summed E-state index contributed by atoms with van der Waals surface area (Å²) in [6.45, 7) is 2.04. The maximum absolute atomic E-state index is 13.1. The Morgan fingerprint density at radius 3 is 2.52 bits per heavy atom. The van der Waals surface area contributed by atoms with Crippen LogP contribution < -0.4 is 4.72 Å². The highest BCUT2D eigenvalue weighted by molar-refractivity contribution is 9.09. The fraction of sp³-hybridized carbons (Fsp3) is 0.600. The van der Waals surface area contributed by atoms with Crippen LogP contribution in [-0.4, -0.2) is 20.3 Å². The van der Waals surface area contributed by atoms with E-state index >= 15 is 0 Å². The van der Waals surface area contributed by atoms with Crippen molar-refractivity contribution in [3.05, 3.63) is 29.6 Å². The number of hydrogen-bond acceptors (Lipinski definition) is 2. The Morgan fingerprint density at radius 1 is 1.29 bits per heavy atom. The monoisotopic (exact) mass is 377 g/mol. The van der Waals surface area contributed by atoms with Gasteiger partial charge in [0.25, 0.3) is 0 Å². The van der Waals surface area contributed by atoms with Gasteiger partial charge in [0.05, 0.1) is 4.90 Å². The summed E-state index contributed by atoms with van der Waals surface area (Å²) in [5, 5.41) is 0.797. The van der Waals surface area contributed by atoms with Gasteiger partial charge in [-0.15, -0.1) is 0 Å². The smallest absolute Gasteiger partial charge is 0.211 e. The quantitative estimate of drug-likeness (QED) is 0.794. The van der Waals surface area contributed by atoms with E-state index in [2.05, 4.69) is 20.7 Å². The zero-order valence-corrected chi connectivity index (χ0v) is 14.6. The summed E-state index contributed by atoms with van der Waals surface area (Å²) in [5.41, 5.74) is 0.429. The summed E-state index contributed by atoms with van der Waals surface area (Å²) in [6, 6.07) is 3.76. The first-order valence-electron chi connectivity index (χ1n) is 7.20. The minimum absolute atomic E-state index is 0.000739. The van der Waals surface area contributed by atoms with E-state index in [1.54, 1.807) is 6.92 Å². The van der Waals surface area contributed by atoms with Gasteiger partial charge < -0.3 is 0 Å². The highest BCUT2D eigenvalue weighted by Crippen LogP contribution is 2.37. The lowest BCUT2D eigenvalue weighted by Gasteiger charge is -2.35. The van der Waals surface area contributed by atoms with Crippen molar-refractivity contribution in [2.45, 2.75) is 43.9 Å². The Labute approximate surface area is 134 Å². The first kappa shape index (κ1) is 16.9. The molecule has 0 radical (unpaired) electrons. The molecule has 2 rings (SSSR count). The van der Waals surface area contributed by atoms with E-state index in [0.29, 0.717) is 12.1 Å². The highest BCUT2D eigenvalue weighted by atomic mass is 79.9. The molecule has 0 spiro atoms. The Morgan fingerprint density at radius 2 is 1.95 bits per heavy atom. The molecule has 0 heterocycles. The van der Waals surface area contributed by atoms with E-state index in [1.165, 1.54) is 24.6 Å². The number of aryl methyl sites for hydroxylation is 1. The van der Waals surface area contributed by atoms with Gasteiger partial charge in [0, 0.05) is 11.9 Å². The van der Waals surface area contributed by atoms with Crippen LogP contribution in [0.1, 0.15) is 37.7 Å². The van der Waals surface area contributed by atoms with Crippen LogP contribution in [0.25, 0.3) is 0 Å². The summed E-state index contributed by atoms with van der Waals surface area (Å²) < 4.78 is 40.7. The Hall–Kier alpha value is -0.460. The van der Waals surface area contributed by atoms with E-state index in [4.69, 9.17) is 0 Å². The first-order valence-corrected chi connectivity index (χ1v) is 9.81. The topological polar surface area (TPSA) is 46.2 Å². The van der Waals surface area contributed by atoms with Crippen molar-refractivity contribution in [2.75, 3.05) is 11.9 Å². The molecule has 0 unspecified atom stereocenters. The van der Waals surface area contributed by atoms with Crippen molar-refractivity contribution in [2.24, 2.45) is 5.41 Å². The van der Waals surface area contributed by atoms with Crippen molar-refractivity contribution in [3.8, 4) is 0 Å². The van der Waals surface area contributed by atoms with Crippen molar-refractivity contribution in [1.29, 1.82) is 0 Å². The molecule has 0 aliphatic heterocycles. The normalized spacial score (nSPS) is 18.6. The molecule has 0 bridgehead atoms. The summed E-state index contributed by atoms with van der Waals surface area (Å²) in [7, 11) is -3.59. The van der Waals surface area contributed by atoms with Gasteiger partial charge in [0.15, 0.2) is 0 Å². The standard InChI is InChI=1S/C15H21BrFNO2S/c1-12-9-13(17)5-6-14(12)21(19,20)18-11-15(10-16)7-3-2-4-8-15/h5-6,9,18H,2-4,7-8,10-11H2,1H3. The lowest BCUT2D eigenvalue weighted by molar-refractivity contribution is 0.227. The molecule has 6 heteroatoms.